The Labute approximate surface area is 213 Å². The largest absolute Gasteiger partial charge is 0.494 e. The molecule has 0 aromatic heterocycles. The number of nitrogens with one attached hydrogen (secondary N) is 2. The minimum absolute atomic E-state index is 0.232. The highest BCUT2D eigenvalue weighted by Crippen LogP contribution is 2.19. The number of ether oxygens (including phenoxy) is 1. The van der Waals surface area contributed by atoms with Crippen LogP contribution in [0.2, 0.25) is 0 Å². The number of carbonyl (C=O) groups excluding carboxylic acids is 1. The number of urea groups is 1. The molecule has 0 radical (unpaired) electrons. The van der Waals surface area contributed by atoms with Gasteiger partial charge < -0.3 is 20.5 Å². The number of amides is 2. The lowest BCUT2D eigenvalue weighted by molar-refractivity contribution is -0.141. The Morgan fingerprint density at radius 2 is 1.47 bits per heavy atom. The van der Waals surface area contributed by atoms with Crippen LogP contribution in [0.25, 0.3) is 0 Å². The van der Waals surface area contributed by atoms with Gasteiger partial charge in [0.1, 0.15) is 5.75 Å². The maximum atomic E-state index is 12.1. The third kappa shape index (κ3) is 9.45. The fourth-order valence-corrected chi connectivity index (χ4v) is 3.93. The van der Waals surface area contributed by atoms with E-state index in [0.29, 0.717) is 32.4 Å². The summed E-state index contributed by atoms with van der Waals surface area (Å²) in [5.74, 6) is -0.545. The average molecular weight is 489 g/mol. The van der Waals surface area contributed by atoms with Crippen molar-refractivity contribution in [2.24, 2.45) is 5.92 Å². The first-order valence-electron chi connectivity index (χ1n) is 12.7. The second kappa shape index (κ2) is 14.6. The van der Waals surface area contributed by atoms with Gasteiger partial charge in [-0.1, -0.05) is 67.9 Å². The normalized spacial score (nSPS) is 11.5. The molecule has 0 aliphatic carbocycles. The molecule has 3 aromatic rings. The zero-order valence-corrected chi connectivity index (χ0v) is 20.9. The van der Waals surface area contributed by atoms with E-state index in [1.807, 2.05) is 66.7 Å². The summed E-state index contributed by atoms with van der Waals surface area (Å²) >= 11 is 0. The molecule has 0 aliphatic rings. The van der Waals surface area contributed by atoms with E-state index in [2.05, 4.69) is 29.7 Å². The maximum Gasteiger partial charge on any atom is 0.319 e. The standard InChI is InChI=1S/C30H36N2O4/c1-2-3-8-23-11-15-27(16-12-23)32-30(35)31-19-7-20-36-28-17-13-25(14-18-28)22-26(29(33)34)21-24-9-5-4-6-10-24/h4-6,9-18,26H,2-3,7-8,19-22H2,1H3,(H,33,34)(H2,31,32,35)/t26-/m0/s1. The summed E-state index contributed by atoms with van der Waals surface area (Å²) in [6, 6.07) is 25.0. The second-order valence-corrected chi connectivity index (χ2v) is 8.96. The number of carbonyl (C=O) groups is 2. The number of hydrogen-bond acceptors (Lipinski definition) is 3. The maximum absolute atomic E-state index is 12.1. The van der Waals surface area contributed by atoms with Crippen molar-refractivity contribution in [1.82, 2.24) is 5.32 Å². The van der Waals surface area contributed by atoms with Gasteiger partial charge in [0.2, 0.25) is 0 Å². The van der Waals surface area contributed by atoms with Crippen molar-refractivity contribution in [3.05, 3.63) is 95.6 Å². The van der Waals surface area contributed by atoms with Crippen molar-refractivity contribution in [1.29, 1.82) is 0 Å². The summed E-state index contributed by atoms with van der Waals surface area (Å²) in [6.45, 7) is 3.14. The molecule has 2 amide bonds. The molecule has 3 aromatic carbocycles. The number of carboxylic acids is 1. The molecule has 0 heterocycles. The van der Waals surface area contributed by atoms with Gasteiger partial charge in [-0.25, -0.2) is 4.79 Å². The van der Waals surface area contributed by atoms with Crippen LogP contribution in [-0.4, -0.2) is 30.3 Å². The van der Waals surface area contributed by atoms with Gasteiger partial charge in [-0.3, -0.25) is 4.79 Å². The summed E-state index contributed by atoms with van der Waals surface area (Å²) in [6.07, 6.45) is 5.02. The molecule has 6 heteroatoms. The van der Waals surface area contributed by atoms with Gasteiger partial charge in [0, 0.05) is 12.2 Å². The van der Waals surface area contributed by atoms with E-state index < -0.39 is 11.9 Å². The molecule has 0 fully saturated rings. The Hall–Kier alpha value is -3.80. The van der Waals surface area contributed by atoms with Crippen molar-refractivity contribution < 1.29 is 19.4 Å². The lowest BCUT2D eigenvalue weighted by Crippen LogP contribution is -2.30. The van der Waals surface area contributed by atoms with Crippen LogP contribution in [0.5, 0.6) is 5.75 Å². The Kier molecular flexibility index (Phi) is 10.8. The van der Waals surface area contributed by atoms with Crippen LogP contribution in [0.15, 0.2) is 78.9 Å². The van der Waals surface area contributed by atoms with Crippen molar-refractivity contribution in [3.63, 3.8) is 0 Å². The van der Waals surface area contributed by atoms with Crippen LogP contribution in [-0.2, 0) is 24.1 Å². The second-order valence-electron chi connectivity index (χ2n) is 8.96. The molecule has 3 rings (SSSR count). The summed E-state index contributed by atoms with van der Waals surface area (Å²) < 4.78 is 5.77. The van der Waals surface area contributed by atoms with E-state index in [4.69, 9.17) is 4.74 Å². The fourth-order valence-electron chi connectivity index (χ4n) is 3.93. The molecule has 6 nitrogen and oxygen atoms in total. The quantitative estimate of drug-likeness (QED) is 0.239. The van der Waals surface area contributed by atoms with E-state index in [0.717, 1.165) is 29.0 Å². The minimum atomic E-state index is -0.792. The van der Waals surface area contributed by atoms with Gasteiger partial charge in [0.15, 0.2) is 0 Å². The fraction of sp³-hybridized carbons (Fsp3) is 0.333. The summed E-state index contributed by atoms with van der Waals surface area (Å²) in [7, 11) is 0. The molecule has 1 atom stereocenters. The van der Waals surface area contributed by atoms with Crippen molar-refractivity contribution in [2.75, 3.05) is 18.5 Å². The molecule has 3 N–H and O–H groups in total. The van der Waals surface area contributed by atoms with E-state index >= 15 is 0 Å². The van der Waals surface area contributed by atoms with Crippen LogP contribution in [0.3, 0.4) is 0 Å². The van der Waals surface area contributed by atoms with E-state index in [1.165, 1.54) is 18.4 Å². The number of benzene rings is 3. The summed E-state index contributed by atoms with van der Waals surface area (Å²) in [4.78, 5) is 23.8. The highest BCUT2D eigenvalue weighted by atomic mass is 16.5. The average Bonchev–Trinajstić information content (AvgIpc) is 2.89. The molecule has 190 valence electrons. The predicted molar refractivity (Wildman–Crippen MR) is 144 cm³/mol. The van der Waals surface area contributed by atoms with E-state index in [-0.39, 0.29) is 6.03 Å². The Bertz CT molecular complexity index is 1070. The van der Waals surface area contributed by atoms with Gasteiger partial charge >= 0.3 is 12.0 Å². The highest BCUT2D eigenvalue weighted by Gasteiger charge is 2.18. The lowest BCUT2D eigenvalue weighted by Gasteiger charge is -2.13. The SMILES string of the molecule is CCCCc1ccc(NC(=O)NCCCOc2ccc(C[C@H](Cc3ccccc3)C(=O)O)cc2)cc1. The first-order chi connectivity index (χ1) is 17.5. The zero-order valence-electron chi connectivity index (χ0n) is 20.9. The Morgan fingerprint density at radius 3 is 2.11 bits per heavy atom. The minimum Gasteiger partial charge on any atom is -0.494 e. The number of hydrogen-bond donors (Lipinski definition) is 3. The molecule has 0 saturated heterocycles. The van der Waals surface area contributed by atoms with Crippen molar-refractivity contribution in [3.8, 4) is 5.75 Å². The predicted octanol–water partition coefficient (Wildman–Crippen LogP) is 6.11. The Balaban J connectivity index is 1.34. The van der Waals surface area contributed by atoms with Gasteiger partial charge in [-0.15, -0.1) is 0 Å². The zero-order chi connectivity index (χ0) is 25.6. The third-order valence-corrected chi connectivity index (χ3v) is 5.99. The topological polar surface area (TPSA) is 87.7 Å². The smallest absolute Gasteiger partial charge is 0.319 e. The molecule has 0 unspecified atom stereocenters. The first-order valence-corrected chi connectivity index (χ1v) is 12.7. The first kappa shape index (κ1) is 26.8. The number of unbranched alkanes of at least 4 members (excludes halogenated alkanes) is 1. The number of anilines is 1. The molecule has 0 bridgehead atoms. The number of aliphatic carboxylic acids is 1. The Morgan fingerprint density at radius 1 is 0.833 bits per heavy atom. The molecule has 0 spiro atoms. The monoisotopic (exact) mass is 488 g/mol. The molecule has 0 saturated carbocycles. The summed E-state index contributed by atoms with van der Waals surface area (Å²) in [5.41, 5.74) is 4.04. The van der Waals surface area contributed by atoms with Crippen molar-refractivity contribution in [2.45, 2.75) is 45.4 Å². The number of aryl methyl sites for hydroxylation is 1. The van der Waals surface area contributed by atoms with Gasteiger partial charge in [-0.05, 0) is 73.1 Å². The van der Waals surface area contributed by atoms with Gasteiger partial charge in [0.25, 0.3) is 0 Å². The third-order valence-electron chi connectivity index (χ3n) is 5.99. The highest BCUT2D eigenvalue weighted by molar-refractivity contribution is 5.89. The summed E-state index contributed by atoms with van der Waals surface area (Å²) in [5, 5.41) is 15.3. The van der Waals surface area contributed by atoms with Crippen LogP contribution in [0.4, 0.5) is 10.5 Å². The van der Waals surface area contributed by atoms with Crippen LogP contribution in [0, 0.1) is 5.92 Å². The van der Waals surface area contributed by atoms with Crippen LogP contribution < -0.4 is 15.4 Å². The van der Waals surface area contributed by atoms with E-state index in [9.17, 15) is 14.7 Å². The number of rotatable bonds is 14. The van der Waals surface area contributed by atoms with E-state index in [1.54, 1.807) is 0 Å². The van der Waals surface area contributed by atoms with Gasteiger partial charge in [0.05, 0.1) is 12.5 Å². The van der Waals surface area contributed by atoms with Gasteiger partial charge in [-0.2, -0.15) is 0 Å². The number of carboxylic acid groups (broad SMARTS) is 1. The van der Waals surface area contributed by atoms with Crippen LogP contribution in [0.1, 0.15) is 42.9 Å². The van der Waals surface area contributed by atoms with Crippen molar-refractivity contribution >= 4 is 17.7 Å². The van der Waals surface area contributed by atoms with Crippen LogP contribution >= 0.6 is 0 Å². The molecular weight excluding hydrogens is 452 g/mol. The lowest BCUT2D eigenvalue weighted by atomic mass is 9.92. The molecular formula is C30H36N2O4. The molecule has 0 aliphatic heterocycles. The molecule has 36 heavy (non-hydrogen) atoms.